The minimum Gasteiger partial charge on any atom is -0.488 e. The molecule has 3 heterocycles. The van der Waals surface area contributed by atoms with Gasteiger partial charge in [-0.2, -0.15) is 23.7 Å². The van der Waals surface area contributed by atoms with Crippen molar-refractivity contribution in [3.8, 4) is 35.1 Å². The first kappa shape index (κ1) is 55.9. The lowest BCUT2D eigenvalue weighted by molar-refractivity contribution is -0.236. The summed E-state index contributed by atoms with van der Waals surface area (Å²) in [6.45, 7) is 22.8. The quantitative estimate of drug-likeness (QED) is 0.0395. The molecule has 1 atom stereocenters. The second-order valence-corrected chi connectivity index (χ2v) is 18.7. The number of aliphatic hydroxyl groups is 1. The first-order valence-corrected chi connectivity index (χ1v) is 25.8. The molecule has 1 aromatic carbocycles. The lowest BCUT2D eigenvalue weighted by Crippen LogP contribution is -2.43. The second kappa shape index (κ2) is 28.7. The summed E-state index contributed by atoms with van der Waals surface area (Å²) in [4.78, 5) is 8.49. The first-order chi connectivity index (χ1) is 33.4. The van der Waals surface area contributed by atoms with Gasteiger partial charge in [0, 0.05) is 31.0 Å². The van der Waals surface area contributed by atoms with Crippen molar-refractivity contribution in [2.75, 3.05) is 51.0 Å². The summed E-state index contributed by atoms with van der Waals surface area (Å²) >= 11 is 2.78. The average Bonchev–Trinajstić information content (AvgIpc) is 3.96. The molecule has 1 aliphatic heterocycles. The summed E-state index contributed by atoms with van der Waals surface area (Å²) < 4.78 is 75.5. The molecule has 0 spiro atoms. The van der Waals surface area contributed by atoms with Crippen LogP contribution in [0.2, 0.25) is 0 Å². The van der Waals surface area contributed by atoms with E-state index in [-0.39, 0.29) is 6.61 Å². The second-order valence-electron chi connectivity index (χ2n) is 16.5. The summed E-state index contributed by atoms with van der Waals surface area (Å²) in [6.07, 6.45) is 16.3. The Kier molecular flexibility index (Phi) is 23.3. The molecule has 69 heavy (non-hydrogen) atoms. The van der Waals surface area contributed by atoms with E-state index in [0.29, 0.717) is 65.6 Å². The molecule has 2 aromatic heterocycles. The Morgan fingerprint density at radius 2 is 1.13 bits per heavy atom. The molecule has 1 unspecified atom stereocenters. The molecule has 0 radical (unpaired) electrons. The van der Waals surface area contributed by atoms with Gasteiger partial charge in [-0.25, -0.2) is 4.85 Å². The van der Waals surface area contributed by atoms with E-state index in [9.17, 15) is 23.7 Å². The molecule has 15 heteroatoms. The molecule has 372 valence electrons. The van der Waals surface area contributed by atoms with Crippen molar-refractivity contribution in [2.24, 2.45) is 0 Å². The Labute approximate surface area is 415 Å². The molecule has 0 saturated carbocycles. The van der Waals surface area contributed by atoms with E-state index < -0.39 is 34.4 Å². The smallest absolute Gasteiger partial charge is 0.430 e. The van der Waals surface area contributed by atoms with Crippen LogP contribution < -0.4 is 23.8 Å². The Morgan fingerprint density at radius 1 is 0.696 bits per heavy atom. The van der Waals surface area contributed by atoms with Crippen LogP contribution in [-0.2, 0) is 4.74 Å². The molecule has 3 aromatic rings. The van der Waals surface area contributed by atoms with Crippen LogP contribution in [-0.4, -0.2) is 63.0 Å². The Bertz CT molecular complexity index is 2380. The topological polar surface area (TPSA) is 122 Å². The van der Waals surface area contributed by atoms with Crippen LogP contribution in [0.5, 0.6) is 23.0 Å². The fourth-order valence-corrected chi connectivity index (χ4v) is 9.15. The molecule has 1 aliphatic rings. The van der Waals surface area contributed by atoms with Gasteiger partial charge in [0.2, 0.25) is 11.3 Å². The number of aliphatic hydroxyl groups excluding tert-OH is 1. The molecule has 0 saturated heterocycles. The van der Waals surface area contributed by atoms with E-state index in [4.69, 9.17) is 35.4 Å². The number of hydrogen-bond acceptors (Lipinski definition) is 11. The third kappa shape index (κ3) is 15.2. The van der Waals surface area contributed by atoms with Gasteiger partial charge in [-0.1, -0.05) is 90.5 Å². The number of benzene rings is 1. The highest BCUT2D eigenvalue weighted by molar-refractivity contribution is 7.15. The number of hydrogen-bond donors (Lipinski definition) is 1. The number of nitrogens with zero attached hydrogens (tertiary/aromatic N) is 4. The Morgan fingerprint density at radius 3 is 1.52 bits per heavy atom. The van der Waals surface area contributed by atoms with Crippen LogP contribution in [0.15, 0.2) is 52.9 Å². The van der Waals surface area contributed by atoms with E-state index in [1.807, 2.05) is 26.0 Å². The number of alkyl halides is 3. The third-order valence-electron chi connectivity index (χ3n) is 11.3. The zero-order chi connectivity index (χ0) is 50.2. The van der Waals surface area contributed by atoms with Gasteiger partial charge in [0.25, 0.3) is 0 Å². The average molecular weight is 989 g/mol. The largest absolute Gasteiger partial charge is 0.488 e. The van der Waals surface area contributed by atoms with Crippen LogP contribution in [0.3, 0.4) is 0 Å². The van der Waals surface area contributed by atoms with Gasteiger partial charge in [-0.05, 0) is 94.4 Å². The van der Waals surface area contributed by atoms with Crippen molar-refractivity contribution < 1.29 is 42.0 Å². The predicted molar refractivity (Wildman–Crippen MR) is 274 cm³/mol. The number of rotatable bonds is 30. The molecular weight excluding hydrogens is 922 g/mol. The molecule has 1 N–H and O–H groups in total. The fourth-order valence-electron chi connectivity index (χ4n) is 7.16. The molecule has 0 bridgehead atoms. The van der Waals surface area contributed by atoms with Crippen LogP contribution in [0.25, 0.3) is 35.2 Å². The minimum absolute atomic E-state index is 0.235. The fraction of sp³-hybridized carbons (Fsp3) is 0.500. The van der Waals surface area contributed by atoms with Crippen LogP contribution in [0, 0.1) is 29.2 Å². The Balaban J connectivity index is 1.85. The highest BCUT2D eigenvalue weighted by atomic mass is 32.1. The maximum absolute atomic E-state index is 14.8. The van der Waals surface area contributed by atoms with E-state index in [2.05, 4.69) is 66.9 Å². The molecule has 0 amide bonds. The van der Waals surface area contributed by atoms with Gasteiger partial charge in [0.15, 0.2) is 34.3 Å². The van der Waals surface area contributed by atoms with Crippen LogP contribution in [0.1, 0.15) is 144 Å². The van der Waals surface area contributed by atoms with Gasteiger partial charge < -0.3 is 33.7 Å². The maximum atomic E-state index is 14.8. The molecule has 0 aliphatic carbocycles. The van der Waals surface area contributed by atoms with Crippen molar-refractivity contribution >= 4 is 58.7 Å². The summed E-state index contributed by atoms with van der Waals surface area (Å²) in [5.41, 5.74) is -2.66. The summed E-state index contributed by atoms with van der Waals surface area (Å²) in [6, 6.07) is 11.6. The minimum atomic E-state index is -5.01. The highest BCUT2D eigenvalue weighted by Crippen LogP contribution is 2.52. The van der Waals surface area contributed by atoms with Crippen molar-refractivity contribution in [2.45, 2.75) is 130 Å². The summed E-state index contributed by atoms with van der Waals surface area (Å²) in [5, 5.41) is 28.2. The number of ether oxygens (including phenoxy) is 5. The molecule has 4 rings (SSSR count). The maximum Gasteiger partial charge on any atom is 0.430 e. The number of nitriles is 2. The monoisotopic (exact) mass is 988 g/mol. The lowest BCUT2D eigenvalue weighted by atomic mass is 9.94. The SMILES string of the molecule is [C-]#[N+]C1=C(/C=C/c2sc(/C=C/c3sc(/C=C/c4ccc(N(CC)CCCCCCO)cc4)c(OCCCC)c3OCCCC)c(OCCCC)c2OCCCC)C(C)(C(F)(F)F)OC1=C(C#N)C#N. The lowest BCUT2D eigenvalue weighted by Gasteiger charge is -2.29. The van der Waals surface area contributed by atoms with E-state index in [1.54, 1.807) is 12.1 Å². The van der Waals surface area contributed by atoms with Crippen LogP contribution in [0.4, 0.5) is 18.9 Å². The summed E-state index contributed by atoms with van der Waals surface area (Å²) in [7, 11) is 0. The molecular formula is C54H67F3N4O6S2. The first-order valence-electron chi connectivity index (χ1n) is 24.2. The zero-order valence-electron chi connectivity index (χ0n) is 40.9. The number of anilines is 1. The van der Waals surface area contributed by atoms with E-state index in [1.165, 1.54) is 28.7 Å². The van der Waals surface area contributed by atoms with Gasteiger partial charge in [-0.15, -0.1) is 22.7 Å². The van der Waals surface area contributed by atoms with Crippen molar-refractivity contribution in [3.63, 3.8) is 0 Å². The standard InChI is InChI=1S/C54H67F3N4O6S2/c1-8-13-33-63-49-43(27-23-39-21-24-41(25-22-39)61(12-5)31-19-17-18-20-32-62)68-45(51(49)65-35-15-10-3)29-30-46-52(66-36-16-11-4)50(64-34-14-9-2)44(69-46)28-26-42-47(60-7)48(40(37-58)38-59)67-53(42,6)54(55,56)57/h21-30,62H,8-20,31-36H2,1-6H3/b27-23+,28-26+,30-29+. The predicted octanol–water partition coefficient (Wildman–Crippen LogP) is 15.1. The van der Waals surface area contributed by atoms with Crippen LogP contribution >= 0.6 is 22.7 Å². The van der Waals surface area contributed by atoms with E-state index >= 15 is 0 Å². The van der Waals surface area contributed by atoms with Crippen molar-refractivity contribution in [3.05, 3.63) is 89.4 Å². The van der Waals surface area contributed by atoms with Gasteiger partial charge >= 0.3 is 6.18 Å². The summed E-state index contributed by atoms with van der Waals surface area (Å²) in [5.74, 6) is 1.37. The molecule has 10 nitrogen and oxygen atoms in total. The van der Waals surface area contributed by atoms with E-state index in [0.717, 1.165) is 118 Å². The number of halogens is 3. The van der Waals surface area contributed by atoms with Gasteiger partial charge in [0.1, 0.15) is 12.1 Å². The van der Waals surface area contributed by atoms with Crippen molar-refractivity contribution in [1.29, 1.82) is 10.5 Å². The van der Waals surface area contributed by atoms with Gasteiger partial charge in [0.05, 0.1) is 52.5 Å². The number of thiophene rings is 2. The normalized spacial score (nSPS) is 14.9. The highest BCUT2D eigenvalue weighted by Gasteiger charge is 2.60. The van der Waals surface area contributed by atoms with Gasteiger partial charge in [-0.3, -0.25) is 0 Å². The van der Waals surface area contributed by atoms with Crippen molar-refractivity contribution in [1.82, 2.24) is 0 Å². The Hall–Kier alpha value is -5.66. The number of unbranched alkanes of at least 4 members (excludes halogenated alkanes) is 7. The molecule has 0 fully saturated rings. The zero-order valence-corrected chi connectivity index (χ0v) is 42.6. The third-order valence-corrected chi connectivity index (χ3v) is 13.5. The number of allylic oxidation sites excluding steroid dienone is 1.